The first-order valence-electron chi connectivity index (χ1n) is 5.62. The van der Waals surface area contributed by atoms with Crippen molar-refractivity contribution < 1.29 is 14.6 Å². The Morgan fingerprint density at radius 1 is 1.41 bits per heavy atom. The van der Waals surface area contributed by atoms with Gasteiger partial charge in [-0.3, -0.25) is 4.79 Å². The molecule has 0 aromatic carbocycles. The fourth-order valence-corrected chi connectivity index (χ4v) is 2.55. The molecule has 0 radical (unpaired) electrons. The van der Waals surface area contributed by atoms with Crippen LogP contribution < -0.4 is 4.90 Å². The van der Waals surface area contributed by atoms with Crippen molar-refractivity contribution in [2.45, 2.75) is 19.3 Å². The molecule has 1 saturated heterocycles. The van der Waals surface area contributed by atoms with Crippen LogP contribution in [0.4, 0.5) is 5.13 Å². The fraction of sp³-hybridized carbons (Fsp3) is 0.700. The highest BCUT2D eigenvalue weighted by Gasteiger charge is 2.15. The Labute approximate surface area is 103 Å². The SMILES string of the molecule is O=C(O)CCCc1nnc(N2CCOCC2)s1. The van der Waals surface area contributed by atoms with Gasteiger partial charge in [-0.25, -0.2) is 0 Å². The van der Waals surface area contributed by atoms with E-state index in [1.165, 1.54) is 0 Å². The molecule has 0 unspecified atom stereocenters. The van der Waals surface area contributed by atoms with Gasteiger partial charge < -0.3 is 14.7 Å². The van der Waals surface area contributed by atoms with Crippen molar-refractivity contribution in [1.29, 1.82) is 0 Å². The van der Waals surface area contributed by atoms with E-state index in [9.17, 15) is 4.79 Å². The van der Waals surface area contributed by atoms with Gasteiger partial charge in [0, 0.05) is 25.9 Å². The van der Waals surface area contributed by atoms with Gasteiger partial charge in [-0.15, -0.1) is 10.2 Å². The molecule has 1 aromatic rings. The molecule has 1 aromatic heterocycles. The van der Waals surface area contributed by atoms with Gasteiger partial charge in [0.1, 0.15) is 5.01 Å². The van der Waals surface area contributed by atoms with Crippen molar-refractivity contribution in [2.24, 2.45) is 0 Å². The van der Waals surface area contributed by atoms with E-state index in [-0.39, 0.29) is 6.42 Å². The summed E-state index contributed by atoms with van der Waals surface area (Å²) in [7, 11) is 0. The highest BCUT2D eigenvalue weighted by atomic mass is 32.1. The number of morpholine rings is 1. The summed E-state index contributed by atoms with van der Waals surface area (Å²) in [6.45, 7) is 3.16. The van der Waals surface area contributed by atoms with Gasteiger partial charge in [0.15, 0.2) is 0 Å². The van der Waals surface area contributed by atoms with Crippen LogP contribution in [0.1, 0.15) is 17.8 Å². The zero-order valence-electron chi connectivity index (χ0n) is 9.46. The molecule has 1 N–H and O–H groups in total. The molecule has 0 amide bonds. The summed E-state index contributed by atoms with van der Waals surface area (Å²) >= 11 is 1.55. The summed E-state index contributed by atoms with van der Waals surface area (Å²) in [5.74, 6) is -0.761. The lowest BCUT2D eigenvalue weighted by atomic mass is 10.2. The highest BCUT2D eigenvalue weighted by Crippen LogP contribution is 2.22. The quantitative estimate of drug-likeness (QED) is 0.840. The predicted octanol–water partition coefficient (Wildman–Crippen LogP) is 0.782. The third-order valence-electron chi connectivity index (χ3n) is 2.52. The van der Waals surface area contributed by atoms with E-state index in [0.717, 1.165) is 36.4 Å². The molecule has 17 heavy (non-hydrogen) atoms. The number of carboxylic acids is 1. The smallest absolute Gasteiger partial charge is 0.303 e. The van der Waals surface area contributed by atoms with Gasteiger partial charge in [0.05, 0.1) is 13.2 Å². The molecule has 1 aliphatic heterocycles. The van der Waals surface area contributed by atoms with E-state index in [2.05, 4.69) is 15.1 Å². The van der Waals surface area contributed by atoms with Crippen molar-refractivity contribution in [1.82, 2.24) is 10.2 Å². The zero-order valence-corrected chi connectivity index (χ0v) is 10.3. The molecular weight excluding hydrogens is 242 g/mol. The third kappa shape index (κ3) is 3.64. The van der Waals surface area contributed by atoms with Gasteiger partial charge in [0.2, 0.25) is 5.13 Å². The van der Waals surface area contributed by atoms with Crippen LogP contribution in [0.15, 0.2) is 0 Å². The maximum atomic E-state index is 10.4. The second-order valence-electron chi connectivity index (χ2n) is 3.83. The molecule has 0 bridgehead atoms. The fourth-order valence-electron chi connectivity index (χ4n) is 1.62. The summed E-state index contributed by atoms with van der Waals surface area (Å²) in [5.41, 5.74) is 0. The third-order valence-corrected chi connectivity index (χ3v) is 3.56. The average Bonchev–Trinajstić information content (AvgIpc) is 2.78. The first-order valence-corrected chi connectivity index (χ1v) is 6.44. The molecule has 1 aliphatic rings. The van der Waals surface area contributed by atoms with Crippen molar-refractivity contribution in [2.75, 3.05) is 31.2 Å². The summed E-state index contributed by atoms with van der Waals surface area (Å²) < 4.78 is 5.27. The zero-order chi connectivity index (χ0) is 12.1. The van der Waals surface area contributed by atoms with Crippen molar-refractivity contribution in [3.05, 3.63) is 5.01 Å². The van der Waals surface area contributed by atoms with Crippen LogP contribution in [0.3, 0.4) is 0 Å². The standard InChI is InChI=1S/C10H15N3O3S/c14-9(15)3-1-2-8-11-12-10(17-8)13-4-6-16-7-5-13/h1-7H2,(H,14,15). The lowest BCUT2D eigenvalue weighted by Gasteiger charge is -2.25. The lowest BCUT2D eigenvalue weighted by Crippen LogP contribution is -2.36. The number of anilines is 1. The van der Waals surface area contributed by atoms with Crippen LogP contribution in [0.25, 0.3) is 0 Å². The molecule has 1 fully saturated rings. The molecule has 2 heterocycles. The average molecular weight is 257 g/mol. The first kappa shape index (κ1) is 12.3. The summed E-state index contributed by atoms with van der Waals surface area (Å²) in [5, 5.41) is 18.6. The van der Waals surface area contributed by atoms with E-state index in [1.807, 2.05) is 0 Å². The molecule has 2 rings (SSSR count). The molecule has 7 heteroatoms. The molecule has 0 spiro atoms. The van der Waals surface area contributed by atoms with E-state index >= 15 is 0 Å². The van der Waals surface area contributed by atoms with Gasteiger partial charge in [-0.1, -0.05) is 11.3 Å². The number of nitrogens with zero attached hydrogens (tertiary/aromatic N) is 3. The van der Waals surface area contributed by atoms with Crippen LogP contribution in [-0.2, 0) is 16.0 Å². The Hall–Kier alpha value is -1.21. The van der Waals surface area contributed by atoms with E-state index < -0.39 is 5.97 Å². The lowest BCUT2D eigenvalue weighted by molar-refractivity contribution is -0.137. The Kier molecular flexibility index (Phi) is 4.27. The number of hydrogen-bond acceptors (Lipinski definition) is 6. The molecule has 0 aliphatic carbocycles. The van der Waals surface area contributed by atoms with E-state index in [0.29, 0.717) is 12.8 Å². The topological polar surface area (TPSA) is 75.5 Å². The second kappa shape index (κ2) is 5.92. The molecule has 6 nitrogen and oxygen atoms in total. The minimum Gasteiger partial charge on any atom is -0.481 e. The minimum atomic E-state index is -0.761. The number of rotatable bonds is 5. The van der Waals surface area contributed by atoms with Crippen molar-refractivity contribution in [3.63, 3.8) is 0 Å². The maximum absolute atomic E-state index is 10.4. The monoisotopic (exact) mass is 257 g/mol. The van der Waals surface area contributed by atoms with E-state index in [4.69, 9.17) is 9.84 Å². The molecule has 0 atom stereocenters. The van der Waals surface area contributed by atoms with Crippen molar-refractivity contribution >= 4 is 22.4 Å². The normalized spacial score (nSPS) is 16.1. The molecule has 0 saturated carbocycles. The number of aromatic nitrogens is 2. The van der Waals surface area contributed by atoms with Gasteiger partial charge in [-0.2, -0.15) is 0 Å². The van der Waals surface area contributed by atoms with Crippen molar-refractivity contribution in [3.8, 4) is 0 Å². The summed E-state index contributed by atoms with van der Waals surface area (Å²) in [4.78, 5) is 12.5. The Balaban J connectivity index is 1.84. The largest absolute Gasteiger partial charge is 0.481 e. The Morgan fingerprint density at radius 3 is 2.88 bits per heavy atom. The number of carbonyl (C=O) groups is 1. The molecular formula is C10H15N3O3S. The number of carboxylic acid groups (broad SMARTS) is 1. The number of aryl methyl sites for hydroxylation is 1. The van der Waals surface area contributed by atoms with Gasteiger partial charge in [0.25, 0.3) is 0 Å². The molecule has 94 valence electrons. The Bertz CT molecular complexity index is 377. The minimum absolute atomic E-state index is 0.187. The second-order valence-corrected chi connectivity index (χ2v) is 4.87. The first-order chi connectivity index (χ1) is 8.25. The summed E-state index contributed by atoms with van der Waals surface area (Å²) in [6, 6.07) is 0. The summed E-state index contributed by atoms with van der Waals surface area (Å²) in [6.07, 6.45) is 1.49. The van der Waals surface area contributed by atoms with Gasteiger partial charge >= 0.3 is 5.97 Å². The number of hydrogen-bond donors (Lipinski definition) is 1. The predicted molar refractivity (Wildman–Crippen MR) is 63.5 cm³/mol. The number of aliphatic carboxylic acids is 1. The van der Waals surface area contributed by atoms with Crippen LogP contribution in [-0.4, -0.2) is 47.6 Å². The van der Waals surface area contributed by atoms with Crippen LogP contribution in [0.2, 0.25) is 0 Å². The van der Waals surface area contributed by atoms with E-state index in [1.54, 1.807) is 11.3 Å². The highest BCUT2D eigenvalue weighted by molar-refractivity contribution is 7.15. The maximum Gasteiger partial charge on any atom is 0.303 e. The van der Waals surface area contributed by atoms with Crippen LogP contribution in [0.5, 0.6) is 0 Å². The Morgan fingerprint density at radius 2 is 2.18 bits per heavy atom. The van der Waals surface area contributed by atoms with Gasteiger partial charge in [-0.05, 0) is 6.42 Å². The van der Waals surface area contributed by atoms with Crippen LogP contribution >= 0.6 is 11.3 Å². The number of ether oxygens (including phenoxy) is 1. The van der Waals surface area contributed by atoms with Crippen LogP contribution in [0, 0.1) is 0 Å².